The summed E-state index contributed by atoms with van der Waals surface area (Å²) in [6.45, 7) is 6.66. The summed E-state index contributed by atoms with van der Waals surface area (Å²) in [5.74, 6) is -0.868. The molecule has 0 radical (unpaired) electrons. The van der Waals surface area contributed by atoms with E-state index in [0.717, 1.165) is 70.6 Å². The molecule has 0 bridgehead atoms. The van der Waals surface area contributed by atoms with Crippen molar-refractivity contribution in [2.45, 2.75) is 361 Å². The van der Waals surface area contributed by atoms with Crippen molar-refractivity contribution in [1.29, 1.82) is 0 Å². The molecule has 6 heteroatoms. The smallest absolute Gasteiger partial charge is 0.306 e. The first-order valence-electron chi connectivity index (χ1n) is 31.8. The van der Waals surface area contributed by atoms with Gasteiger partial charge >= 0.3 is 17.9 Å². The molecule has 0 fully saturated rings. The molecule has 0 N–H and O–H groups in total. The molecule has 418 valence electrons. The molecule has 0 rings (SSSR count). The van der Waals surface area contributed by atoms with Crippen LogP contribution in [-0.4, -0.2) is 37.2 Å². The van der Waals surface area contributed by atoms with Crippen molar-refractivity contribution >= 4 is 17.9 Å². The van der Waals surface area contributed by atoms with Gasteiger partial charge in [0.1, 0.15) is 13.2 Å². The summed E-state index contributed by atoms with van der Waals surface area (Å²) in [7, 11) is 0. The number of carbonyl (C=O) groups is 3. The first-order valence-corrected chi connectivity index (χ1v) is 31.8. The highest BCUT2D eigenvalue weighted by Gasteiger charge is 2.19. The summed E-state index contributed by atoms with van der Waals surface area (Å²) in [6.07, 6.45) is 72.0. The molecule has 0 aromatic carbocycles. The minimum Gasteiger partial charge on any atom is -0.462 e. The van der Waals surface area contributed by atoms with Gasteiger partial charge in [0.05, 0.1) is 0 Å². The Kier molecular flexibility index (Phi) is 58.6. The quantitative estimate of drug-likeness (QED) is 0.0261. The van der Waals surface area contributed by atoms with E-state index in [2.05, 4.69) is 45.1 Å². The van der Waals surface area contributed by atoms with E-state index in [1.807, 2.05) is 0 Å². The van der Waals surface area contributed by atoms with Gasteiger partial charge in [0, 0.05) is 19.3 Å². The zero-order chi connectivity index (χ0) is 51.4. The second-order valence-electron chi connectivity index (χ2n) is 21.7. The SMILES string of the molecule is CCCCCC/C=C\CCCCCCCC(=O)OCC(COC(=O)CCCCCCCCCCCCCCCCCCCCCCCCCCCC)OC(=O)CCCCCCC/C=C\CCCCCCC. The van der Waals surface area contributed by atoms with Crippen molar-refractivity contribution < 1.29 is 28.6 Å². The van der Waals surface area contributed by atoms with E-state index in [1.54, 1.807) is 0 Å². The minimum absolute atomic E-state index is 0.0726. The van der Waals surface area contributed by atoms with Crippen LogP contribution in [0.1, 0.15) is 355 Å². The predicted octanol–water partition coefficient (Wildman–Crippen LogP) is 21.4. The van der Waals surface area contributed by atoms with Crippen molar-refractivity contribution in [2.24, 2.45) is 0 Å². The molecule has 0 spiro atoms. The highest BCUT2D eigenvalue weighted by atomic mass is 16.6. The number of hydrogen-bond donors (Lipinski definition) is 0. The number of hydrogen-bond acceptors (Lipinski definition) is 6. The lowest BCUT2D eigenvalue weighted by atomic mass is 10.0. The van der Waals surface area contributed by atoms with Crippen molar-refractivity contribution in [3.8, 4) is 0 Å². The third-order valence-electron chi connectivity index (χ3n) is 14.4. The van der Waals surface area contributed by atoms with E-state index in [4.69, 9.17) is 14.2 Å². The summed E-state index contributed by atoms with van der Waals surface area (Å²) in [5, 5.41) is 0. The molecule has 0 saturated carbocycles. The van der Waals surface area contributed by atoms with Crippen LogP contribution in [0.4, 0.5) is 0 Å². The summed E-state index contributed by atoms with van der Waals surface area (Å²) in [6, 6.07) is 0. The maximum Gasteiger partial charge on any atom is 0.306 e. The van der Waals surface area contributed by atoms with E-state index in [9.17, 15) is 14.4 Å². The van der Waals surface area contributed by atoms with Gasteiger partial charge in [-0.05, 0) is 70.6 Å². The Bertz CT molecular complexity index is 1150. The Balaban J connectivity index is 4.18. The lowest BCUT2D eigenvalue weighted by Gasteiger charge is -2.18. The molecule has 0 aliphatic carbocycles. The minimum atomic E-state index is -0.776. The van der Waals surface area contributed by atoms with Gasteiger partial charge in [0.15, 0.2) is 6.10 Å². The first-order chi connectivity index (χ1) is 35.0. The average molecular weight is 1000 g/mol. The fourth-order valence-electron chi connectivity index (χ4n) is 9.61. The number of ether oxygens (including phenoxy) is 3. The van der Waals surface area contributed by atoms with Gasteiger partial charge in [-0.15, -0.1) is 0 Å². The topological polar surface area (TPSA) is 78.9 Å². The molecule has 0 aliphatic heterocycles. The third kappa shape index (κ3) is 58.7. The van der Waals surface area contributed by atoms with Gasteiger partial charge in [0.25, 0.3) is 0 Å². The number of rotatable bonds is 59. The van der Waals surface area contributed by atoms with E-state index >= 15 is 0 Å². The van der Waals surface area contributed by atoms with Crippen LogP contribution in [0.25, 0.3) is 0 Å². The molecule has 1 atom stereocenters. The molecule has 0 aromatic heterocycles. The molecule has 1 unspecified atom stereocenters. The van der Waals surface area contributed by atoms with Crippen molar-refractivity contribution in [3.63, 3.8) is 0 Å². The Morgan fingerprint density at radius 1 is 0.268 bits per heavy atom. The van der Waals surface area contributed by atoms with Crippen LogP contribution in [0.15, 0.2) is 24.3 Å². The van der Waals surface area contributed by atoms with Gasteiger partial charge in [-0.2, -0.15) is 0 Å². The largest absolute Gasteiger partial charge is 0.462 e. The fraction of sp³-hybridized carbons (Fsp3) is 0.892. The number of esters is 3. The number of carbonyl (C=O) groups excluding carboxylic acids is 3. The lowest BCUT2D eigenvalue weighted by Crippen LogP contribution is -2.30. The van der Waals surface area contributed by atoms with Crippen LogP contribution in [-0.2, 0) is 28.6 Å². The van der Waals surface area contributed by atoms with E-state index in [-0.39, 0.29) is 31.1 Å². The van der Waals surface area contributed by atoms with Crippen LogP contribution in [0, 0.1) is 0 Å². The summed E-state index contributed by atoms with van der Waals surface area (Å²) in [4.78, 5) is 38.2. The number of allylic oxidation sites excluding steroid dienone is 4. The van der Waals surface area contributed by atoms with Gasteiger partial charge in [0.2, 0.25) is 0 Å². The molecule has 71 heavy (non-hydrogen) atoms. The molecule has 0 heterocycles. The van der Waals surface area contributed by atoms with Crippen LogP contribution in [0.3, 0.4) is 0 Å². The normalized spacial score (nSPS) is 12.1. The van der Waals surface area contributed by atoms with Crippen molar-refractivity contribution in [2.75, 3.05) is 13.2 Å². The zero-order valence-electron chi connectivity index (χ0n) is 48.0. The van der Waals surface area contributed by atoms with Crippen molar-refractivity contribution in [1.82, 2.24) is 0 Å². The average Bonchev–Trinajstić information content (AvgIpc) is 3.37. The summed E-state index contributed by atoms with van der Waals surface area (Å²) < 4.78 is 16.9. The number of unbranched alkanes of at least 4 members (excludes halogenated alkanes) is 44. The molecule has 0 aliphatic rings. The Hall–Kier alpha value is -2.11. The highest BCUT2D eigenvalue weighted by molar-refractivity contribution is 5.71. The zero-order valence-corrected chi connectivity index (χ0v) is 48.0. The Morgan fingerprint density at radius 3 is 0.718 bits per heavy atom. The standard InChI is InChI=1S/C65H122O6/c1-4-7-10-13-16-19-22-25-27-28-29-30-31-32-33-34-35-36-37-38-41-43-46-49-52-55-58-64(67)70-61-62(60-69-63(66)57-54-51-48-45-42-39-24-21-18-15-12-9-6-3)71-65(68)59-56-53-50-47-44-40-26-23-20-17-14-11-8-5-2/h21,23-24,26,62H,4-20,22,25,27-61H2,1-3H3/b24-21-,26-23-. The molecule has 0 saturated heterocycles. The van der Waals surface area contributed by atoms with Crippen LogP contribution >= 0.6 is 0 Å². The van der Waals surface area contributed by atoms with Gasteiger partial charge < -0.3 is 14.2 Å². The summed E-state index contributed by atoms with van der Waals surface area (Å²) >= 11 is 0. The van der Waals surface area contributed by atoms with Gasteiger partial charge in [-0.25, -0.2) is 0 Å². The van der Waals surface area contributed by atoms with Crippen LogP contribution in [0.2, 0.25) is 0 Å². The lowest BCUT2D eigenvalue weighted by molar-refractivity contribution is -0.167. The van der Waals surface area contributed by atoms with E-state index in [0.29, 0.717) is 19.3 Å². The van der Waals surface area contributed by atoms with Crippen LogP contribution < -0.4 is 0 Å². The molecule has 6 nitrogen and oxygen atoms in total. The van der Waals surface area contributed by atoms with E-state index in [1.165, 1.54) is 244 Å². The Morgan fingerprint density at radius 2 is 0.465 bits per heavy atom. The second kappa shape index (κ2) is 60.4. The first kappa shape index (κ1) is 68.9. The molecule has 0 amide bonds. The summed E-state index contributed by atoms with van der Waals surface area (Å²) in [5.41, 5.74) is 0. The van der Waals surface area contributed by atoms with Crippen LogP contribution in [0.5, 0.6) is 0 Å². The maximum absolute atomic E-state index is 12.9. The molecular weight excluding hydrogens is 877 g/mol. The highest BCUT2D eigenvalue weighted by Crippen LogP contribution is 2.18. The molecular formula is C65H122O6. The van der Waals surface area contributed by atoms with Gasteiger partial charge in [-0.3, -0.25) is 14.4 Å². The van der Waals surface area contributed by atoms with Crippen molar-refractivity contribution in [3.05, 3.63) is 24.3 Å². The van der Waals surface area contributed by atoms with Gasteiger partial charge in [-0.1, -0.05) is 289 Å². The third-order valence-corrected chi connectivity index (χ3v) is 14.4. The monoisotopic (exact) mass is 999 g/mol. The Labute approximate surface area is 443 Å². The predicted molar refractivity (Wildman–Crippen MR) is 307 cm³/mol. The fourth-order valence-corrected chi connectivity index (χ4v) is 9.61. The molecule has 0 aromatic rings. The van der Waals surface area contributed by atoms with E-state index < -0.39 is 6.10 Å². The maximum atomic E-state index is 12.9. The second-order valence-corrected chi connectivity index (χ2v) is 21.7.